The van der Waals surface area contributed by atoms with E-state index in [0.717, 1.165) is 22.5 Å². The van der Waals surface area contributed by atoms with E-state index in [1.54, 1.807) is 5.19 Å². The fourth-order valence-electron chi connectivity index (χ4n) is 5.31. The van der Waals surface area contributed by atoms with Crippen molar-refractivity contribution in [2.24, 2.45) is 0 Å². The van der Waals surface area contributed by atoms with Crippen LogP contribution < -0.4 is 14.8 Å². The van der Waals surface area contributed by atoms with Crippen LogP contribution in [0.4, 0.5) is 0 Å². The van der Waals surface area contributed by atoms with Crippen LogP contribution in [0.1, 0.15) is 26.7 Å². The quantitative estimate of drug-likeness (QED) is 0.253. The summed E-state index contributed by atoms with van der Waals surface area (Å²) in [5, 5.41) is 3.09. The predicted molar refractivity (Wildman–Crippen MR) is 138 cm³/mol. The van der Waals surface area contributed by atoms with Crippen molar-refractivity contribution in [3.8, 4) is 33.8 Å². The molecule has 0 N–H and O–H groups in total. The summed E-state index contributed by atoms with van der Waals surface area (Å²) in [5.74, 6) is 0. The van der Waals surface area contributed by atoms with Crippen LogP contribution in [0, 0.1) is 6.07 Å². The van der Waals surface area contributed by atoms with E-state index in [1.807, 2.05) is 24.4 Å². The number of rotatable bonds is 6. The van der Waals surface area contributed by atoms with Gasteiger partial charge < -0.3 is 0 Å². The monoisotopic (exact) mass is 556 g/mol. The van der Waals surface area contributed by atoms with E-state index in [9.17, 15) is 0 Å². The van der Waals surface area contributed by atoms with E-state index in [1.165, 1.54) is 45.8 Å². The summed E-state index contributed by atoms with van der Waals surface area (Å²) in [7, 11) is -1.80. The van der Waals surface area contributed by atoms with Crippen molar-refractivity contribution in [3.05, 3.63) is 79.0 Å². The molecule has 2 nitrogen and oxygen atoms in total. The van der Waals surface area contributed by atoms with Gasteiger partial charge in [0.05, 0.1) is 0 Å². The fourth-order valence-corrected chi connectivity index (χ4v) is 11.6. The van der Waals surface area contributed by atoms with Gasteiger partial charge >= 0.3 is 200 Å². The van der Waals surface area contributed by atoms with Gasteiger partial charge in [0.25, 0.3) is 0 Å². The molecule has 0 amide bonds. The summed E-state index contributed by atoms with van der Waals surface area (Å²) >= 11 is 3.32. The molecule has 0 bridgehead atoms. The van der Waals surface area contributed by atoms with Crippen LogP contribution in [0.25, 0.3) is 33.8 Å². The molecule has 1 aliphatic heterocycles. The van der Waals surface area contributed by atoms with E-state index in [-0.39, 0.29) is 16.5 Å². The Morgan fingerprint density at radius 1 is 0.788 bits per heavy atom. The number of pyridine rings is 2. The Bertz CT molecular complexity index is 1270. The average Bonchev–Trinajstić information content (AvgIpc) is 3.10. The first-order chi connectivity index (χ1) is 15.7. The Morgan fingerprint density at radius 2 is 1.52 bits per heavy atom. The SMILES string of the molecule is CCC[Si]1(CCC)c2ccc(-c3[c-]c(-c4ccccn4)ccc3)nc2-c2c([Se])cccc21.[Ni]. The Kier molecular flexibility index (Phi) is 7.36. The molecule has 5 rings (SSSR count). The third kappa shape index (κ3) is 4.17. The maximum absolute atomic E-state index is 5.28. The molecule has 2 aromatic carbocycles. The Morgan fingerprint density at radius 3 is 2.21 bits per heavy atom. The van der Waals surface area contributed by atoms with Crippen LogP contribution in [-0.2, 0) is 16.5 Å². The summed E-state index contributed by atoms with van der Waals surface area (Å²) in [5.41, 5.74) is 6.46. The largest absolute Gasteiger partial charge is 0 e. The van der Waals surface area contributed by atoms with Crippen molar-refractivity contribution in [1.82, 2.24) is 9.97 Å². The van der Waals surface area contributed by atoms with E-state index < -0.39 is 8.07 Å². The molecular weight excluding hydrogens is 530 g/mol. The van der Waals surface area contributed by atoms with E-state index in [0.29, 0.717) is 0 Å². The molecule has 0 aliphatic carbocycles. The van der Waals surface area contributed by atoms with Crippen molar-refractivity contribution in [1.29, 1.82) is 0 Å². The minimum atomic E-state index is -1.80. The first kappa shape index (κ1) is 24.1. The van der Waals surface area contributed by atoms with Crippen LogP contribution in [0.3, 0.4) is 0 Å². The van der Waals surface area contributed by atoms with Crippen molar-refractivity contribution in [2.45, 2.75) is 38.8 Å². The van der Waals surface area contributed by atoms with Crippen LogP contribution >= 0.6 is 0 Å². The zero-order chi connectivity index (χ0) is 22.1. The fraction of sp³-hybridized carbons (Fsp3) is 0.214. The number of fused-ring (bicyclic) bond motifs is 3. The first-order valence-electron chi connectivity index (χ1n) is 11.4. The molecule has 169 valence electrons. The van der Waals surface area contributed by atoms with Gasteiger partial charge in [-0.1, -0.05) is 0 Å². The summed E-state index contributed by atoms with van der Waals surface area (Å²) in [6.45, 7) is 4.65. The maximum Gasteiger partial charge on any atom is 0 e. The number of nitrogens with zero attached hydrogens (tertiary/aromatic N) is 2. The topological polar surface area (TPSA) is 25.8 Å². The molecule has 3 heterocycles. The molecule has 1 radical (unpaired) electrons. The van der Waals surface area contributed by atoms with Crippen LogP contribution in [0.2, 0.25) is 12.1 Å². The van der Waals surface area contributed by atoms with Gasteiger partial charge in [-0.05, 0) is 0 Å². The summed E-state index contributed by atoms with van der Waals surface area (Å²) < 4.78 is 1.22. The van der Waals surface area contributed by atoms with Gasteiger partial charge in [0, 0.05) is 16.5 Å². The Labute approximate surface area is 216 Å². The van der Waals surface area contributed by atoms with Crippen molar-refractivity contribution in [2.75, 3.05) is 0 Å². The molecule has 33 heavy (non-hydrogen) atoms. The third-order valence-corrected chi connectivity index (χ3v) is 12.9. The number of aromatic nitrogens is 2. The summed E-state index contributed by atoms with van der Waals surface area (Å²) in [6, 6.07) is 29.7. The van der Waals surface area contributed by atoms with Gasteiger partial charge in [0.15, 0.2) is 0 Å². The third-order valence-electron chi connectivity index (χ3n) is 6.55. The normalized spacial score (nSPS) is 13.2. The molecule has 0 unspecified atom stereocenters. The van der Waals surface area contributed by atoms with E-state index in [4.69, 9.17) is 4.98 Å². The number of hydrogen-bond donors (Lipinski definition) is 0. The van der Waals surface area contributed by atoms with Crippen LogP contribution in [0.15, 0.2) is 72.9 Å². The molecule has 4 aromatic rings. The molecule has 0 saturated carbocycles. The van der Waals surface area contributed by atoms with Gasteiger partial charge in [0.2, 0.25) is 0 Å². The predicted octanol–water partition coefficient (Wildman–Crippen LogP) is 4.77. The zero-order valence-corrected chi connectivity index (χ0v) is 22.6. The van der Waals surface area contributed by atoms with Gasteiger partial charge in [-0.25, -0.2) is 0 Å². The molecule has 0 atom stereocenters. The molecule has 0 spiro atoms. The molecule has 5 heteroatoms. The molecule has 0 saturated heterocycles. The second-order valence-electron chi connectivity index (χ2n) is 8.55. The molecule has 1 aliphatic rings. The van der Waals surface area contributed by atoms with Gasteiger partial charge in [0.1, 0.15) is 0 Å². The number of benzene rings is 2. The van der Waals surface area contributed by atoms with Gasteiger partial charge in [-0.2, -0.15) is 0 Å². The Balaban J connectivity index is 0.00000259. The zero-order valence-electron chi connectivity index (χ0n) is 18.9. The Hall–Kier alpha value is -2.03. The van der Waals surface area contributed by atoms with Crippen molar-refractivity contribution in [3.63, 3.8) is 0 Å². The molecule has 2 aromatic heterocycles. The van der Waals surface area contributed by atoms with Gasteiger partial charge in [-0.15, -0.1) is 0 Å². The number of hydrogen-bond acceptors (Lipinski definition) is 2. The maximum atomic E-state index is 5.28. The summed E-state index contributed by atoms with van der Waals surface area (Å²) in [4.78, 5) is 9.78. The smallest absolute Gasteiger partial charge is 0 e. The van der Waals surface area contributed by atoms with Crippen LogP contribution in [0.5, 0.6) is 0 Å². The first-order valence-corrected chi connectivity index (χ1v) is 14.7. The van der Waals surface area contributed by atoms with E-state index in [2.05, 4.69) is 89.4 Å². The van der Waals surface area contributed by atoms with Gasteiger partial charge in [-0.3, -0.25) is 0 Å². The van der Waals surface area contributed by atoms with Crippen molar-refractivity contribution >= 4 is 38.9 Å². The minimum Gasteiger partial charge on any atom is 0 e. The standard InChI is InChI=1S/C28H26N2SeSi.Ni/c1-3-17-32(18-4-2)25-13-8-12-24(31)27(25)28-26(32)15-14-23(30-28)21-10-7-9-20(19-21)22-11-5-6-16-29-22;/h5-16H,3-4,17-18H2,1-2H3;/q-1;. The van der Waals surface area contributed by atoms with Crippen LogP contribution in [-0.4, -0.2) is 34.1 Å². The average molecular weight is 556 g/mol. The second-order valence-corrected chi connectivity index (χ2v) is 13.7. The summed E-state index contributed by atoms with van der Waals surface area (Å²) in [6.07, 6.45) is 4.25. The van der Waals surface area contributed by atoms with E-state index >= 15 is 0 Å². The minimum absolute atomic E-state index is 0. The molecular formula is C28H26N2NiSeSi-. The van der Waals surface area contributed by atoms with Crippen molar-refractivity contribution < 1.29 is 16.5 Å². The molecule has 0 fully saturated rings. The second kappa shape index (κ2) is 10.1.